The van der Waals surface area contributed by atoms with Crippen LogP contribution in [0, 0.1) is 0 Å². The van der Waals surface area contributed by atoms with Crippen LogP contribution in [0.5, 0.6) is 0 Å². The Morgan fingerprint density at radius 2 is 2.06 bits per heavy atom. The first-order valence-corrected chi connectivity index (χ1v) is 5.52. The van der Waals surface area contributed by atoms with E-state index < -0.39 is 5.97 Å². The van der Waals surface area contributed by atoms with Gasteiger partial charge in [0.05, 0.1) is 12.2 Å². The molecule has 1 aliphatic heterocycles. The average Bonchev–Trinajstić information content (AvgIpc) is 2.28. The van der Waals surface area contributed by atoms with Crippen molar-refractivity contribution in [1.82, 2.24) is 9.97 Å². The highest BCUT2D eigenvalue weighted by molar-refractivity contribution is 5.86. The van der Waals surface area contributed by atoms with Gasteiger partial charge in [0, 0.05) is 19.2 Å². The molecule has 0 radical (unpaired) electrons. The Morgan fingerprint density at radius 3 is 2.65 bits per heavy atom. The molecule has 0 spiro atoms. The van der Waals surface area contributed by atoms with Crippen LogP contribution in [0.4, 0.5) is 5.82 Å². The van der Waals surface area contributed by atoms with E-state index in [2.05, 4.69) is 9.97 Å². The third kappa shape index (κ3) is 2.71. The number of aromatic nitrogens is 2. The van der Waals surface area contributed by atoms with E-state index in [1.54, 1.807) is 0 Å². The van der Waals surface area contributed by atoms with Gasteiger partial charge in [0.15, 0.2) is 5.69 Å². The summed E-state index contributed by atoms with van der Waals surface area (Å²) in [6.07, 6.45) is 1.51. The van der Waals surface area contributed by atoms with Gasteiger partial charge < -0.3 is 14.7 Å². The maximum Gasteiger partial charge on any atom is 0.354 e. The maximum atomic E-state index is 10.8. The van der Waals surface area contributed by atoms with Crippen LogP contribution >= 0.6 is 0 Å². The summed E-state index contributed by atoms with van der Waals surface area (Å²) in [5, 5.41) is 8.88. The number of nitrogens with zero attached hydrogens (tertiary/aromatic N) is 3. The topological polar surface area (TPSA) is 75.6 Å². The summed E-state index contributed by atoms with van der Waals surface area (Å²) in [6.45, 7) is 5.39. The Morgan fingerprint density at radius 1 is 1.41 bits per heavy atom. The van der Waals surface area contributed by atoms with Crippen molar-refractivity contribution in [2.75, 3.05) is 18.0 Å². The van der Waals surface area contributed by atoms with Gasteiger partial charge in [0.1, 0.15) is 12.1 Å². The third-order valence-corrected chi connectivity index (χ3v) is 2.62. The smallest absolute Gasteiger partial charge is 0.354 e. The molecular formula is C11H15N3O3. The molecule has 0 amide bonds. The molecule has 6 nitrogen and oxygen atoms in total. The van der Waals surface area contributed by atoms with Crippen LogP contribution in [0.2, 0.25) is 0 Å². The van der Waals surface area contributed by atoms with Gasteiger partial charge in [-0.2, -0.15) is 0 Å². The Labute approximate surface area is 99.2 Å². The molecule has 1 aromatic rings. The van der Waals surface area contributed by atoms with E-state index in [0.717, 1.165) is 0 Å². The molecule has 92 valence electrons. The largest absolute Gasteiger partial charge is 0.477 e. The fraction of sp³-hybridized carbons (Fsp3) is 0.545. The maximum absolute atomic E-state index is 10.8. The highest BCUT2D eigenvalue weighted by Gasteiger charge is 2.23. The molecule has 1 N–H and O–H groups in total. The Bertz CT molecular complexity index is 414. The number of hydrogen-bond acceptors (Lipinski definition) is 5. The van der Waals surface area contributed by atoms with Gasteiger partial charge in [0.25, 0.3) is 0 Å². The number of hydrogen-bond donors (Lipinski definition) is 1. The van der Waals surface area contributed by atoms with Crippen molar-refractivity contribution in [1.29, 1.82) is 0 Å². The van der Waals surface area contributed by atoms with E-state index in [1.807, 2.05) is 18.7 Å². The lowest BCUT2D eigenvalue weighted by atomic mass is 10.2. The Balaban J connectivity index is 2.21. The molecule has 2 unspecified atom stereocenters. The van der Waals surface area contributed by atoms with Crippen LogP contribution in [0.15, 0.2) is 12.4 Å². The van der Waals surface area contributed by atoms with Crippen molar-refractivity contribution in [3.05, 3.63) is 18.1 Å². The monoisotopic (exact) mass is 237 g/mol. The van der Waals surface area contributed by atoms with Crippen molar-refractivity contribution in [3.8, 4) is 0 Å². The quantitative estimate of drug-likeness (QED) is 0.819. The van der Waals surface area contributed by atoms with E-state index in [-0.39, 0.29) is 17.9 Å². The number of carboxylic acids is 1. The van der Waals surface area contributed by atoms with Crippen LogP contribution in [0.3, 0.4) is 0 Å². The summed E-state index contributed by atoms with van der Waals surface area (Å²) >= 11 is 0. The van der Waals surface area contributed by atoms with Crippen molar-refractivity contribution < 1.29 is 14.6 Å². The van der Waals surface area contributed by atoms with Crippen molar-refractivity contribution in [2.24, 2.45) is 0 Å². The molecule has 0 bridgehead atoms. The normalized spacial score (nSPS) is 24.7. The van der Waals surface area contributed by atoms with Gasteiger partial charge >= 0.3 is 5.97 Å². The zero-order chi connectivity index (χ0) is 12.4. The molecule has 17 heavy (non-hydrogen) atoms. The molecule has 2 atom stereocenters. The van der Waals surface area contributed by atoms with Crippen LogP contribution < -0.4 is 4.90 Å². The highest BCUT2D eigenvalue weighted by atomic mass is 16.5. The fourth-order valence-corrected chi connectivity index (χ4v) is 2.00. The summed E-state index contributed by atoms with van der Waals surface area (Å²) in [5.41, 5.74) is 0.0156. The number of ether oxygens (including phenoxy) is 1. The van der Waals surface area contributed by atoms with E-state index in [0.29, 0.717) is 18.9 Å². The first-order valence-electron chi connectivity index (χ1n) is 5.52. The number of carboxylic acid groups (broad SMARTS) is 1. The number of aromatic carboxylic acids is 1. The van der Waals surface area contributed by atoms with Crippen LogP contribution in [-0.4, -0.2) is 46.3 Å². The van der Waals surface area contributed by atoms with Gasteiger partial charge in [-0.15, -0.1) is 0 Å². The Hall–Kier alpha value is -1.69. The van der Waals surface area contributed by atoms with Crippen molar-refractivity contribution in [2.45, 2.75) is 26.1 Å². The molecule has 1 aromatic heterocycles. The number of morpholine rings is 1. The second-order valence-electron chi connectivity index (χ2n) is 4.23. The van der Waals surface area contributed by atoms with E-state index >= 15 is 0 Å². The van der Waals surface area contributed by atoms with Gasteiger partial charge in [-0.25, -0.2) is 14.8 Å². The van der Waals surface area contributed by atoms with Gasteiger partial charge in [-0.3, -0.25) is 0 Å². The molecule has 0 aliphatic carbocycles. The van der Waals surface area contributed by atoms with Gasteiger partial charge in [-0.05, 0) is 13.8 Å². The molecule has 0 aromatic carbocycles. The summed E-state index contributed by atoms with van der Waals surface area (Å²) in [5.74, 6) is -0.401. The first kappa shape index (κ1) is 11.8. The average molecular weight is 237 g/mol. The molecule has 0 saturated carbocycles. The molecule has 1 saturated heterocycles. The molecular weight excluding hydrogens is 222 g/mol. The summed E-state index contributed by atoms with van der Waals surface area (Å²) in [4.78, 5) is 20.7. The molecule has 6 heteroatoms. The lowest BCUT2D eigenvalue weighted by molar-refractivity contribution is -0.00546. The highest BCUT2D eigenvalue weighted by Crippen LogP contribution is 2.18. The summed E-state index contributed by atoms with van der Waals surface area (Å²) < 4.78 is 5.61. The SMILES string of the molecule is CC1CN(c2cc(C(=O)O)ncn2)CC(C)O1. The lowest BCUT2D eigenvalue weighted by Gasteiger charge is -2.36. The Kier molecular flexibility index (Phi) is 3.23. The predicted octanol–water partition coefficient (Wildman–Crippen LogP) is 0.788. The second kappa shape index (κ2) is 4.67. The minimum Gasteiger partial charge on any atom is -0.477 e. The standard InChI is InChI=1S/C11H15N3O3/c1-7-4-14(5-8(2)17-7)10-3-9(11(15)16)12-6-13-10/h3,6-8H,4-5H2,1-2H3,(H,15,16). The molecule has 2 heterocycles. The van der Waals surface area contributed by atoms with Crippen molar-refractivity contribution >= 4 is 11.8 Å². The fourth-order valence-electron chi connectivity index (χ4n) is 2.00. The number of anilines is 1. The third-order valence-electron chi connectivity index (χ3n) is 2.62. The number of rotatable bonds is 2. The molecule has 2 rings (SSSR count). The van der Waals surface area contributed by atoms with E-state index in [1.165, 1.54) is 12.4 Å². The van der Waals surface area contributed by atoms with Crippen LogP contribution in [0.25, 0.3) is 0 Å². The minimum absolute atomic E-state index is 0.0156. The zero-order valence-electron chi connectivity index (χ0n) is 9.83. The minimum atomic E-state index is -1.04. The summed E-state index contributed by atoms with van der Waals surface area (Å²) in [6, 6.07) is 1.49. The number of carbonyl (C=O) groups is 1. The lowest BCUT2D eigenvalue weighted by Crippen LogP contribution is -2.45. The van der Waals surface area contributed by atoms with Gasteiger partial charge in [-0.1, -0.05) is 0 Å². The molecule has 1 fully saturated rings. The zero-order valence-corrected chi connectivity index (χ0v) is 9.83. The first-order chi connectivity index (χ1) is 8.06. The van der Waals surface area contributed by atoms with Crippen LogP contribution in [-0.2, 0) is 4.74 Å². The van der Waals surface area contributed by atoms with Gasteiger partial charge in [0.2, 0.25) is 0 Å². The predicted molar refractivity (Wildman–Crippen MR) is 61.2 cm³/mol. The van der Waals surface area contributed by atoms with Crippen LogP contribution in [0.1, 0.15) is 24.3 Å². The summed E-state index contributed by atoms with van der Waals surface area (Å²) in [7, 11) is 0. The molecule has 1 aliphatic rings. The van der Waals surface area contributed by atoms with Crippen molar-refractivity contribution in [3.63, 3.8) is 0 Å². The van der Waals surface area contributed by atoms with E-state index in [4.69, 9.17) is 9.84 Å². The van der Waals surface area contributed by atoms with E-state index in [9.17, 15) is 4.79 Å². The second-order valence-corrected chi connectivity index (χ2v) is 4.23.